The van der Waals surface area contributed by atoms with Crippen molar-refractivity contribution in [2.75, 3.05) is 31.1 Å². The third-order valence-corrected chi connectivity index (χ3v) is 4.70. The fourth-order valence-electron chi connectivity index (χ4n) is 3.27. The first-order valence-corrected chi connectivity index (χ1v) is 8.80. The van der Waals surface area contributed by atoms with E-state index in [1.54, 1.807) is 0 Å². The summed E-state index contributed by atoms with van der Waals surface area (Å²) in [6, 6.07) is 15.8. The monoisotopic (exact) mass is 327 g/mol. The molecule has 24 heavy (non-hydrogen) atoms. The van der Waals surface area contributed by atoms with E-state index in [0.29, 0.717) is 6.04 Å². The van der Waals surface area contributed by atoms with Crippen LogP contribution in [0.2, 0.25) is 0 Å². The average molecular weight is 327 g/mol. The van der Waals surface area contributed by atoms with Crippen LogP contribution in [0.1, 0.15) is 19.3 Å². The number of anilines is 1. The first-order valence-electron chi connectivity index (χ1n) is 8.80. The predicted octanol–water partition coefficient (Wildman–Crippen LogP) is 3.40. The van der Waals surface area contributed by atoms with Gasteiger partial charge in [-0.15, -0.1) is 0 Å². The SMILES string of the molecule is NCCCNC1CCN(c2cccc(-c3ccc(F)cc3)c2)CC1. The lowest BCUT2D eigenvalue weighted by molar-refractivity contribution is 0.414. The molecular weight excluding hydrogens is 301 g/mol. The van der Waals surface area contributed by atoms with Crippen molar-refractivity contribution >= 4 is 5.69 Å². The van der Waals surface area contributed by atoms with Crippen molar-refractivity contribution in [1.29, 1.82) is 0 Å². The number of nitrogens with one attached hydrogen (secondary N) is 1. The number of hydrogen-bond donors (Lipinski definition) is 2. The van der Waals surface area contributed by atoms with Crippen molar-refractivity contribution in [3.05, 3.63) is 54.3 Å². The van der Waals surface area contributed by atoms with E-state index in [1.807, 2.05) is 12.1 Å². The van der Waals surface area contributed by atoms with Crippen molar-refractivity contribution in [2.45, 2.75) is 25.3 Å². The first kappa shape index (κ1) is 16.9. The summed E-state index contributed by atoms with van der Waals surface area (Å²) in [6.45, 7) is 3.89. The molecule has 0 aromatic heterocycles. The highest BCUT2D eigenvalue weighted by molar-refractivity contribution is 5.68. The summed E-state index contributed by atoms with van der Waals surface area (Å²) < 4.78 is 13.1. The number of piperidine rings is 1. The van der Waals surface area contributed by atoms with Gasteiger partial charge in [0.05, 0.1) is 0 Å². The Balaban J connectivity index is 1.62. The maximum Gasteiger partial charge on any atom is 0.123 e. The summed E-state index contributed by atoms with van der Waals surface area (Å²) in [6.07, 6.45) is 3.36. The summed E-state index contributed by atoms with van der Waals surface area (Å²) in [5.41, 5.74) is 8.98. The fraction of sp³-hybridized carbons (Fsp3) is 0.400. The van der Waals surface area contributed by atoms with Gasteiger partial charge in [0.2, 0.25) is 0 Å². The first-order chi connectivity index (χ1) is 11.8. The zero-order valence-corrected chi connectivity index (χ0v) is 14.0. The second kappa shape index (κ2) is 8.27. The molecule has 0 atom stereocenters. The molecule has 0 radical (unpaired) electrons. The summed E-state index contributed by atoms with van der Waals surface area (Å²) in [5, 5.41) is 3.59. The van der Waals surface area contributed by atoms with Crippen LogP contribution in [0, 0.1) is 5.82 Å². The molecule has 1 heterocycles. The predicted molar refractivity (Wildman–Crippen MR) is 98.7 cm³/mol. The summed E-state index contributed by atoms with van der Waals surface area (Å²) in [4.78, 5) is 2.44. The minimum Gasteiger partial charge on any atom is -0.371 e. The Labute approximate surface area is 143 Å². The summed E-state index contributed by atoms with van der Waals surface area (Å²) >= 11 is 0. The van der Waals surface area contributed by atoms with E-state index in [0.717, 1.165) is 56.6 Å². The highest BCUT2D eigenvalue weighted by Gasteiger charge is 2.19. The number of halogens is 1. The van der Waals surface area contributed by atoms with Crippen molar-refractivity contribution in [1.82, 2.24) is 5.32 Å². The maximum atomic E-state index is 13.1. The van der Waals surface area contributed by atoms with Gasteiger partial charge in [0.15, 0.2) is 0 Å². The highest BCUT2D eigenvalue weighted by atomic mass is 19.1. The molecule has 3 nitrogen and oxygen atoms in total. The second-order valence-corrected chi connectivity index (χ2v) is 6.41. The van der Waals surface area contributed by atoms with Crippen molar-refractivity contribution < 1.29 is 4.39 Å². The third-order valence-electron chi connectivity index (χ3n) is 4.70. The van der Waals surface area contributed by atoms with Crippen LogP contribution in [0.15, 0.2) is 48.5 Å². The van der Waals surface area contributed by atoms with Crippen LogP contribution in [0.25, 0.3) is 11.1 Å². The smallest absolute Gasteiger partial charge is 0.123 e. The lowest BCUT2D eigenvalue weighted by atomic mass is 10.0. The highest BCUT2D eigenvalue weighted by Crippen LogP contribution is 2.27. The van der Waals surface area contributed by atoms with E-state index in [9.17, 15) is 4.39 Å². The molecule has 0 amide bonds. The third kappa shape index (κ3) is 4.34. The number of hydrogen-bond acceptors (Lipinski definition) is 3. The number of nitrogens with zero attached hydrogens (tertiary/aromatic N) is 1. The van der Waals surface area contributed by atoms with E-state index in [4.69, 9.17) is 5.73 Å². The molecule has 3 N–H and O–H groups in total. The zero-order chi connectivity index (χ0) is 16.8. The van der Waals surface area contributed by atoms with Crippen LogP contribution in [0.4, 0.5) is 10.1 Å². The fourth-order valence-corrected chi connectivity index (χ4v) is 3.27. The number of rotatable bonds is 6. The molecule has 0 spiro atoms. The van der Waals surface area contributed by atoms with Crippen LogP contribution in [0.5, 0.6) is 0 Å². The van der Waals surface area contributed by atoms with Gasteiger partial charge in [-0.2, -0.15) is 0 Å². The molecule has 1 fully saturated rings. The van der Waals surface area contributed by atoms with E-state index >= 15 is 0 Å². The molecule has 0 aliphatic carbocycles. The van der Waals surface area contributed by atoms with E-state index in [2.05, 4.69) is 34.5 Å². The van der Waals surface area contributed by atoms with Gasteiger partial charge in [-0.1, -0.05) is 24.3 Å². The van der Waals surface area contributed by atoms with Crippen LogP contribution < -0.4 is 16.0 Å². The van der Waals surface area contributed by atoms with E-state index in [1.165, 1.54) is 17.8 Å². The summed E-state index contributed by atoms with van der Waals surface area (Å²) in [7, 11) is 0. The van der Waals surface area contributed by atoms with Gasteiger partial charge in [0.1, 0.15) is 5.82 Å². The average Bonchev–Trinajstić information content (AvgIpc) is 2.63. The van der Waals surface area contributed by atoms with Crippen LogP contribution in [-0.4, -0.2) is 32.2 Å². The Hall–Kier alpha value is -1.91. The molecule has 0 unspecified atom stereocenters. The zero-order valence-electron chi connectivity index (χ0n) is 14.0. The van der Waals surface area contributed by atoms with Gasteiger partial charge in [0.25, 0.3) is 0 Å². The quantitative estimate of drug-likeness (QED) is 0.799. The van der Waals surface area contributed by atoms with Crippen molar-refractivity contribution in [3.63, 3.8) is 0 Å². The van der Waals surface area contributed by atoms with E-state index < -0.39 is 0 Å². The van der Waals surface area contributed by atoms with Gasteiger partial charge in [-0.3, -0.25) is 0 Å². The molecule has 128 valence electrons. The van der Waals surface area contributed by atoms with Crippen molar-refractivity contribution in [2.24, 2.45) is 5.73 Å². The van der Waals surface area contributed by atoms with Gasteiger partial charge in [-0.25, -0.2) is 4.39 Å². The molecule has 1 aliphatic rings. The molecule has 2 aromatic rings. The second-order valence-electron chi connectivity index (χ2n) is 6.41. The minimum absolute atomic E-state index is 0.195. The Morgan fingerprint density at radius 1 is 1.04 bits per heavy atom. The maximum absolute atomic E-state index is 13.1. The lowest BCUT2D eigenvalue weighted by Gasteiger charge is -2.34. The Morgan fingerprint density at radius 3 is 2.50 bits per heavy atom. The van der Waals surface area contributed by atoms with Crippen LogP contribution >= 0.6 is 0 Å². The molecule has 3 rings (SSSR count). The van der Waals surface area contributed by atoms with Crippen molar-refractivity contribution in [3.8, 4) is 11.1 Å². The molecule has 1 aliphatic heterocycles. The number of benzene rings is 2. The topological polar surface area (TPSA) is 41.3 Å². The van der Waals surface area contributed by atoms with Gasteiger partial charge in [-0.05, 0) is 67.7 Å². The number of nitrogens with two attached hydrogens (primary N) is 1. The van der Waals surface area contributed by atoms with Crippen LogP contribution in [0.3, 0.4) is 0 Å². The molecule has 0 saturated carbocycles. The van der Waals surface area contributed by atoms with E-state index in [-0.39, 0.29) is 5.82 Å². The lowest BCUT2D eigenvalue weighted by Crippen LogP contribution is -2.43. The Morgan fingerprint density at radius 2 is 1.79 bits per heavy atom. The summed E-state index contributed by atoms with van der Waals surface area (Å²) in [5.74, 6) is -0.195. The Kier molecular flexibility index (Phi) is 5.83. The molecule has 1 saturated heterocycles. The normalized spacial score (nSPS) is 15.7. The van der Waals surface area contributed by atoms with Crippen LogP contribution in [-0.2, 0) is 0 Å². The van der Waals surface area contributed by atoms with Gasteiger partial charge < -0.3 is 16.0 Å². The minimum atomic E-state index is -0.195. The van der Waals surface area contributed by atoms with Gasteiger partial charge >= 0.3 is 0 Å². The molecule has 2 aromatic carbocycles. The largest absolute Gasteiger partial charge is 0.371 e. The van der Waals surface area contributed by atoms with Gasteiger partial charge in [0, 0.05) is 24.8 Å². The standard InChI is InChI=1S/C20H26FN3/c21-18-7-5-16(6-8-18)17-3-1-4-20(15-17)24-13-9-19(10-14-24)23-12-2-11-22/h1,3-8,15,19,23H,2,9-14,22H2. The molecular formula is C20H26FN3. The molecule has 0 bridgehead atoms. The Bertz CT molecular complexity index is 634. The molecule has 4 heteroatoms.